The van der Waals surface area contributed by atoms with E-state index in [4.69, 9.17) is 4.74 Å². The van der Waals surface area contributed by atoms with Crippen molar-refractivity contribution in [3.05, 3.63) is 48.0 Å². The summed E-state index contributed by atoms with van der Waals surface area (Å²) < 4.78 is 6.02. The maximum absolute atomic E-state index is 13.8. The first-order chi connectivity index (χ1) is 12.6. The predicted molar refractivity (Wildman–Crippen MR) is 105 cm³/mol. The Morgan fingerprint density at radius 3 is 2.54 bits per heavy atom. The van der Waals surface area contributed by atoms with Crippen molar-refractivity contribution >= 4 is 5.78 Å². The molecular formula is C24H32O2. The van der Waals surface area contributed by atoms with Crippen molar-refractivity contribution < 1.29 is 9.53 Å². The molecule has 4 atom stereocenters. The summed E-state index contributed by atoms with van der Waals surface area (Å²) in [5.74, 6) is 1.38. The Kier molecular flexibility index (Phi) is 4.59. The summed E-state index contributed by atoms with van der Waals surface area (Å²) >= 11 is 0. The first kappa shape index (κ1) is 18.0. The molecule has 3 saturated carbocycles. The van der Waals surface area contributed by atoms with Crippen LogP contribution in [0.2, 0.25) is 0 Å². The van der Waals surface area contributed by atoms with Crippen molar-refractivity contribution in [1.29, 1.82) is 0 Å². The second-order valence-corrected chi connectivity index (χ2v) is 8.89. The van der Waals surface area contributed by atoms with Gasteiger partial charge in [0.05, 0.1) is 11.5 Å². The molecule has 140 valence electrons. The molecule has 0 unspecified atom stereocenters. The van der Waals surface area contributed by atoms with E-state index in [1.54, 1.807) is 7.11 Å². The van der Waals surface area contributed by atoms with Gasteiger partial charge in [0.2, 0.25) is 0 Å². The molecule has 0 spiro atoms. The van der Waals surface area contributed by atoms with Gasteiger partial charge in [-0.25, -0.2) is 0 Å². The minimum Gasteiger partial charge on any atom is -0.380 e. The van der Waals surface area contributed by atoms with Crippen molar-refractivity contribution in [3.8, 4) is 0 Å². The van der Waals surface area contributed by atoms with Gasteiger partial charge in [0, 0.05) is 24.9 Å². The Labute approximate surface area is 158 Å². The summed E-state index contributed by atoms with van der Waals surface area (Å²) in [6.45, 7) is 6.90. The molecule has 0 aromatic heterocycles. The molecule has 2 nitrogen and oxygen atoms in total. The van der Waals surface area contributed by atoms with Gasteiger partial charge in [0.15, 0.2) is 0 Å². The van der Waals surface area contributed by atoms with Crippen molar-refractivity contribution in [3.63, 3.8) is 0 Å². The van der Waals surface area contributed by atoms with Crippen molar-refractivity contribution in [2.45, 2.75) is 64.4 Å². The summed E-state index contributed by atoms with van der Waals surface area (Å²) in [6.07, 6.45) is 8.60. The lowest BCUT2D eigenvalue weighted by Crippen LogP contribution is -2.51. The second-order valence-electron chi connectivity index (χ2n) is 8.89. The van der Waals surface area contributed by atoms with E-state index < -0.39 is 0 Å². The second kappa shape index (κ2) is 6.64. The molecule has 3 aliphatic rings. The SMILES string of the molecule is C=C1[C@@H]2CC[C@](C(=O)CCc3ccccc3)([C@@H]2OC)[C@@]1(C)C1CCCC1. The first-order valence-corrected chi connectivity index (χ1v) is 10.3. The molecule has 0 radical (unpaired) electrons. The maximum Gasteiger partial charge on any atom is 0.142 e. The van der Waals surface area contributed by atoms with E-state index in [0.717, 1.165) is 19.3 Å². The molecule has 0 aliphatic heterocycles. The van der Waals surface area contributed by atoms with Gasteiger partial charge < -0.3 is 4.74 Å². The molecule has 3 aliphatic carbocycles. The van der Waals surface area contributed by atoms with E-state index in [2.05, 4.69) is 37.8 Å². The number of rotatable bonds is 6. The Hall–Kier alpha value is -1.41. The zero-order valence-corrected chi connectivity index (χ0v) is 16.3. The number of hydrogen-bond donors (Lipinski definition) is 0. The van der Waals surface area contributed by atoms with Crippen LogP contribution >= 0.6 is 0 Å². The van der Waals surface area contributed by atoms with Gasteiger partial charge >= 0.3 is 0 Å². The highest BCUT2D eigenvalue weighted by Gasteiger charge is 2.72. The molecule has 2 bridgehead atoms. The highest BCUT2D eigenvalue weighted by atomic mass is 16.5. The van der Waals surface area contributed by atoms with Gasteiger partial charge in [-0.3, -0.25) is 4.79 Å². The van der Waals surface area contributed by atoms with E-state index in [9.17, 15) is 4.79 Å². The molecule has 26 heavy (non-hydrogen) atoms. The fourth-order valence-electron chi connectivity index (χ4n) is 6.81. The van der Waals surface area contributed by atoms with Gasteiger partial charge in [0.1, 0.15) is 5.78 Å². The third kappa shape index (κ3) is 2.30. The van der Waals surface area contributed by atoms with Crippen LogP contribution in [0, 0.1) is 22.7 Å². The van der Waals surface area contributed by atoms with Crippen molar-refractivity contribution in [1.82, 2.24) is 0 Å². The third-order valence-corrected chi connectivity index (χ3v) is 8.15. The van der Waals surface area contributed by atoms with Crippen LogP contribution < -0.4 is 0 Å². The molecule has 1 aromatic carbocycles. The Balaban J connectivity index is 1.66. The summed E-state index contributed by atoms with van der Waals surface area (Å²) in [6, 6.07) is 10.4. The van der Waals surface area contributed by atoms with E-state index in [-0.39, 0.29) is 16.9 Å². The summed E-state index contributed by atoms with van der Waals surface area (Å²) in [5.41, 5.74) is 2.13. The Morgan fingerprint density at radius 1 is 1.19 bits per heavy atom. The molecule has 0 saturated heterocycles. The number of ketones is 1. The lowest BCUT2D eigenvalue weighted by atomic mass is 9.53. The molecule has 2 heteroatoms. The number of methoxy groups -OCH3 is 1. The average Bonchev–Trinajstić information content (AvgIpc) is 3.36. The van der Waals surface area contributed by atoms with Gasteiger partial charge in [-0.2, -0.15) is 0 Å². The Morgan fingerprint density at radius 2 is 1.88 bits per heavy atom. The molecular weight excluding hydrogens is 320 g/mol. The first-order valence-electron chi connectivity index (χ1n) is 10.3. The minimum atomic E-state index is -0.354. The van der Waals surface area contributed by atoms with E-state index in [1.165, 1.54) is 36.8 Å². The van der Waals surface area contributed by atoms with E-state index in [0.29, 0.717) is 24.0 Å². The van der Waals surface area contributed by atoms with Crippen molar-refractivity contribution in [2.24, 2.45) is 22.7 Å². The molecule has 0 N–H and O–H groups in total. The van der Waals surface area contributed by atoms with Gasteiger partial charge in [-0.05, 0) is 43.6 Å². The fraction of sp³-hybridized carbons (Fsp3) is 0.625. The van der Waals surface area contributed by atoms with Crippen LogP contribution in [0.5, 0.6) is 0 Å². The monoisotopic (exact) mass is 352 g/mol. The molecule has 0 heterocycles. The van der Waals surface area contributed by atoms with Crippen LogP contribution in [0.15, 0.2) is 42.5 Å². The largest absolute Gasteiger partial charge is 0.380 e. The highest BCUT2D eigenvalue weighted by Crippen LogP contribution is 2.72. The topological polar surface area (TPSA) is 26.3 Å². The number of benzene rings is 1. The highest BCUT2D eigenvalue weighted by molar-refractivity contribution is 5.89. The predicted octanol–water partition coefficient (Wildman–Crippen LogP) is 5.37. The minimum absolute atomic E-state index is 0.0314. The molecule has 0 amide bonds. The van der Waals surface area contributed by atoms with Crippen LogP contribution in [0.25, 0.3) is 0 Å². The van der Waals surface area contributed by atoms with Gasteiger partial charge in [0.25, 0.3) is 0 Å². The third-order valence-electron chi connectivity index (χ3n) is 8.15. The lowest BCUT2D eigenvalue weighted by Gasteiger charge is -2.49. The Bertz CT molecular complexity index is 687. The van der Waals surface area contributed by atoms with Crippen LogP contribution in [0.4, 0.5) is 0 Å². The zero-order chi connectivity index (χ0) is 18.4. The molecule has 4 rings (SSSR count). The molecule has 3 fully saturated rings. The van der Waals surface area contributed by atoms with Gasteiger partial charge in [-0.1, -0.05) is 62.2 Å². The smallest absolute Gasteiger partial charge is 0.142 e. The van der Waals surface area contributed by atoms with Crippen LogP contribution in [0.1, 0.15) is 57.4 Å². The summed E-state index contributed by atoms with van der Waals surface area (Å²) in [4.78, 5) is 13.8. The summed E-state index contributed by atoms with van der Waals surface area (Å²) in [5, 5.41) is 0. The van der Waals surface area contributed by atoms with Crippen LogP contribution in [0.3, 0.4) is 0 Å². The number of Topliss-reactive ketones (excluding diaryl/α,β-unsaturated/α-hetero) is 1. The number of fused-ring (bicyclic) bond motifs is 2. The zero-order valence-electron chi connectivity index (χ0n) is 16.3. The standard InChI is InChI=1S/C24H32O2/c1-17-20-15-16-24(22(20)26-3,23(17,2)19-11-7-8-12-19)21(25)14-13-18-9-5-4-6-10-18/h4-6,9-10,19-20,22H,1,7-8,11-16H2,2-3H3/t20-,22+,23+,24-/m0/s1. The lowest BCUT2D eigenvalue weighted by molar-refractivity contribution is -0.145. The quantitative estimate of drug-likeness (QED) is 0.644. The average molecular weight is 353 g/mol. The maximum atomic E-state index is 13.8. The number of ether oxygens (including phenoxy) is 1. The number of carbonyl (C=O) groups excluding carboxylic acids is 1. The fourth-order valence-corrected chi connectivity index (χ4v) is 6.81. The number of carbonyl (C=O) groups is 1. The van der Waals surface area contributed by atoms with Crippen LogP contribution in [-0.4, -0.2) is 19.0 Å². The number of aryl methyl sites for hydroxylation is 1. The normalized spacial score (nSPS) is 36.8. The van der Waals surface area contributed by atoms with Gasteiger partial charge in [-0.15, -0.1) is 0 Å². The number of hydrogen-bond acceptors (Lipinski definition) is 2. The molecule has 1 aromatic rings. The van der Waals surface area contributed by atoms with Crippen LogP contribution in [-0.2, 0) is 16.0 Å². The van der Waals surface area contributed by atoms with E-state index in [1.807, 2.05) is 6.07 Å². The summed E-state index contributed by atoms with van der Waals surface area (Å²) in [7, 11) is 1.80. The van der Waals surface area contributed by atoms with Crippen molar-refractivity contribution in [2.75, 3.05) is 7.11 Å². The van der Waals surface area contributed by atoms with E-state index >= 15 is 0 Å².